The second-order valence-electron chi connectivity index (χ2n) is 8.65. The van der Waals surface area contributed by atoms with Gasteiger partial charge in [-0.15, -0.1) is 0 Å². The molecule has 1 N–H and O–H groups in total. The number of rotatable bonds is 8. The molecule has 13 heteroatoms. The van der Waals surface area contributed by atoms with E-state index in [9.17, 15) is 26.4 Å². The Morgan fingerprint density at radius 3 is 2.55 bits per heavy atom. The lowest BCUT2D eigenvalue weighted by Gasteiger charge is -2.14. The van der Waals surface area contributed by atoms with Crippen LogP contribution in [0.5, 0.6) is 0 Å². The third-order valence-electron chi connectivity index (χ3n) is 5.56. The van der Waals surface area contributed by atoms with Crippen LogP contribution in [0.15, 0.2) is 71.8 Å². The Hall–Kier alpha value is -4.52. The van der Waals surface area contributed by atoms with Crippen molar-refractivity contribution in [3.63, 3.8) is 0 Å². The molecule has 0 fully saturated rings. The average Bonchev–Trinajstić information content (AvgIpc) is 3.29. The van der Waals surface area contributed by atoms with Gasteiger partial charge in [-0.2, -0.15) is 23.3 Å². The normalized spacial score (nSPS) is 12.1. The number of carbonyl (C=O) groups is 1. The number of ether oxygens (including phenoxy) is 1. The molecule has 2 heterocycles. The van der Waals surface area contributed by atoms with Crippen LogP contribution in [0.4, 0.5) is 24.8 Å². The Labute approximate surface area is 228 Å². The van der Waals surface area contributed by atoms with E-state index in [-0.39, 0.29) is 29.0 Å². The number of aromatic nitrogens is 4. The molecule has 208 valence electrons. The number of hydrogen-bond acceptors (Lipinski definition) is 8. The molecule has 0 bridgehead atoms. The summed E-state index contributed by atoms with van der Waals surface area (Å²) < 4.78 is 70.3. The summed E-state index contributed by atoms with van der Waals surface area (Å²) in [7, 11) is -3.48. The molecular weight excluding hydrogens is 547 g/mol. The van der Waals surface area contributed by atoms with Crippen molar-refractivity contribution in [2.45, 2.75) is 24.9 Å². The minimum Gasteiger partial charge on any atom is -0.463 e. The highest BCUT2D eigenvalue weighted by Gasteiger charge is 2.35. The van der Waals surface area contributed by atoms with Crippen molar-refractivity contribution in [1.82, 2.24) is 19.7 Å². The summed E-state index contributed by atoms with van der Waals surface area (Å²) in [5.41, 5.74) is 0.994. The topological polar surface area (TPSA) is 116 Å². The first-order valence-electron chi connectivity index (χ1n) is 11.9. The third-order valence-corrected chi connectivity index (χ3v) is 6.67. The van der Waals surface area contributed by atoms with Crippen LogP contribution >= 0.6 is 0 Å². The Morgan fingerprint density at radius 1 is 1.12 bits per heavy atom. The summed E-state index contributed by atoms with van der Waals surface area (Å²) in [5.74, 6) is -0.457. The predicted molar refractivity (Wildman–Crippen MR) is 143 cm³/mol. The van der Waals surface area contributed by atoms with E-state index in [4.69, 9.17) is 4.74 Å². The molecule has 0 unspecified atom stereocenters. The fourth-order valence-electron chi connectivity index (χ4n) is 3.72. The Balaban J connectivity index is 1.81. The van der Waals surface area contributed by atoms with Crippen molar-refractivity contribution >= 4 is 33.5 Å². The van der Waals surface area contributed by atoms with E-state index < -0.39 is 27.7 Å². The van der Waals surface area contributed by atoms with Crippen LogP contribution < -0.4 is 5.32 Å². The van der Waals surface area contributed by atoms with Crippen molar-refractivity contribution in [3.8, 4) is 16.9 Å². The van der Waals surface area contributed by atoms with Gasteiger partial charge < -0.3 is 10.1 Å². The molecule has 0 saturated carbocycles. The first-order valence-corrected chi connectivity index (χ1v) is 13.8. The van der Waals surface area contributed by atoms with Gasteiger partial charge >= 0.3 is 12.1 Å². The van der Waals surface area contributed by atoms with Crippen LogP contribution in [0.2, 0.25) is 0 Å². The molecule has 0 saturated heterocycles. The van der Waals surface area contributed by atoms with Gasteiger partial charge in [0.15, 0.2) is 21.3 Å². The van der Waals surface area contributed by atoms with Gasteiger partial charge in [0.1, 0.15) is 0 Å². The number of hydrogen-bond donors (Lipinski definition) is 1. The molecule has 0 amide bonds. The van der Waals surface area contributed by atoms with E-state index in [0.717, 1.165) is 17.0 Å². The summed E-state index contributed by atoms with van der Waals surface area (Å²) in [6.45, 7) is 3.39. The van der Waals surface area contributed by atoms with E-state index in [0.29, 0.717) is 22.4 Å². The molecular formula is C27H24F3N5O4S. The fourth-order valence-corrected chi connectivity index (χ4v) is 4.39. The van der Waals surface area contributed by atoms with E-state index in [1.54, 1.807) is 43.3 Å². The van der Waals surface area contributed by atoms with Crippen LogP contribution in [-0.4, -0.2) is 47.0 Å². The number of esters is 1. The standard InChI is InChI=1S/C27H24F3N5O4S/c1-4-39-24(36)12-11-18-7-5-8-19(14-18)22-16-31-26(32-20-9-6-10-21(15-20)40(3,37)38)33-25(22)35-17(2)13-23(34-35)27(28,29)30/h5-16H,4H2,1-3H3,(H,31,32,33)/b12-11+. The second kappa shape index (κ2) is 11.3. The molecule has 0 radical (unpaired) electrons. The second-order valence-corrected chi connectivity index (χ2v) is 10.7. The van der Waals surface area contributed by atoms with Crippen LogP contribution in [0.3, 0.4) is 0 Å². The Morgan fingerprint density at radius 2 is 1.88 bits per heavy atom. The summed E-state index contributed by atoms with van der Waals surface area (Å²) in [4.78, 5) is 20.6. The van der Waals surface area contributed by atoms with Crippen LogP contribution in [0.1, 0.15) is 23.9 Å². The lowest BCUT2D eigenvalue weighted by molar-refractivity contribution is -0.141. The summed E-state index contributed by atoms with van der Waals surface area (Å²) in [5, 5.41) is 6.66. The fraction of sp³-hybridized carbons (Fsp3) is 0.185. The highest BCUT2D eigenvalue weighted by Crippen LogP contribution is 2.32. The quantitative estimate of drug-likeness (QED) is 0.221. The largest absolute Gasteiger partial charge is 0.463 e. The van der Waals surface area contributed by atoms with Crippen LogP contribution in [0, 0.1) is 6.92 Å². The third kappa shape index (κ3) is 6.72. The van der Waals surface area contributed by atoms with Gasteiger partial charge in [0.05, 0.1) is 11.5 Å². The molecule has 40 heavy (non-hydrogen) atoms. The minimum absolute atomic E-state index is 0.00576. The molecule has 0 spiro atoms. The molecule has 2 aromatic carbocycles. The first kappa shape index (κ1) is 28.5. The number of alkyl halides is 3. The average molecular weight is 572 g/mol. The monoisotopic (exact) mass is 571 g/mol. The van der Waals surface area contributed by atoms with Crippen molar-refractivity contribution in [1.29, 1.82) is 0 Å². The maximum Gasteiger partial charge on any atom is 0.435 e. The van der Waals surface area contributed by atoms with Gasteiger partial charge in [0.25, 0.3) is 0 Å². The van der Waals surface area contributed by atoms with Gasteiger partial charge in [0.2, 0.25) is 5.95 Å². The van der Waals surface area contributed by atoms with Crippen molar-refractivity contribution < 1.29 is 31.1 Å². The van der Waals surface area contributed by atoms with E-state index >= 15 is 0 Å². The van der Waals surface area contributed by atoms with Crippen LogP contribution in [0.25, 0.3) is 23.0 Å². The van der Waals surface area contributed by atoms with Crippen molar-refractivity contribution in [2.75, 3.05) is 18.2 Å². The van der Waals surface area contributed by atoms with Crippen molar-refractivity contribution in [3.05, 3.63) is 83.8 Å². The maximum absolute atomic E-state index is 13.5. The molecule has 0 atom stereocenters. The van der Waals surface area contributed by atoms with E-state index in [1.807, 2.05) is 0 Å². The molecule has 4 rings (SSSR count). The van der Waals surface area contributed by atoms with Gasteiger partial charge in [0, 0.05) is 35.5 Å². The molecule has 0 aliphatic rings. The number of anilines is 2. The SMILES string of the molecule is CCOC(=O)/C=C/c1cccc(-c2cnc(Nc3cccc(S(C)(=O)=O)c3)nc2-n2nc(C(F)(F)F)cc2C)c1. The Kier molecular flexibility index (Phi) is 8.05. The van der Waals surface area contributed by atoms with E-state index in [1.165, 1.54) is 37.4 Å². The number of nitrogens with zero attached hydrogens (tertiary/aromatic N) is 4. The highest BCUT2D eigenvalue weighted by atomic mass is 32.2. The lowest BCUT2D eigenvalue weighted by Crippen LogP contribution is -2.10. The molecule has 0 aliphatic carbocycles. The molecule has 9 nitrogen and oxygen atoms in total. The smallest absolute Gasteiger partial charge is 0.435 e. The Bertz CT molecular complexity index is 1700. The zero-order valence-corrected chi connectivity index (χ0v) is 22.4. The van der Waals surface area contributed by atoms with E-state index in [2.05, 4.69) is 20.4 Å². The minimum atomic E-state index is -4.67. The van der Waals surface area contributed by atoms with Gasteiger partial charge in [-0.1, -0.05) is 24.3 Å². The summed E-state index contributed by atoms with van der Waals surface area (Å²) in [6, 6.07) is 13.8. The number of carbonyl (C=O) groups excluding carboxylic acids is 1. The maximum atomic E-state index is 13.5. The number of nitrogens with one attached hydrogen (secondary N) is 1. The predicted octanol–water partition coefficient (Wildman–Crippen LogP) is 5.38. The lowest BCUT2D eigenvalue weighted by atomic mass is 10.0. The molecule has 0 aliphatic heterocycles. The summed E-state index contributed by atoms with van der Waals surface area (Å²) in [6.07, 6.45) is 0.644. The first-order chi connectivity index (χ1) is 18.8. The molecule has 2 aromatic heterocycles. The summed E-state index contributed by atoms with van der Waals surface area (Å²) >= 11 is 0. The molecule has 4 aromatic rings. The number of sulfone groups is 1. The number of aryl methyl sites for hydroxylation is 1. The number of benzene rings is 2. The van der Waals surface area contributed by atoms with Gasteiger partial charge in [-0.3, -0.25) is 0 Å². The van der Waals surface area contributed by atoms with Crippen LogP contribution in [-0.2, 0) is 25.5 Å². The zero-order valence-electron chi connectivity index (χ0n) is 21.6. The highest BCUT2D eigenvalue weighted by molar-refractivity contribution is 7.90. The van der Waals surface area contributed by atoms with Gasteiger partial charge in [-0.05, 0) is 61.4 Å². The number of halogens is 3. The zero-order chi connectivity index (χ0) is 29.1. The van der Waals surface area contributed by atoms with Gasteiger partial charge in [-0.25, -0.2) is 22.9 Å². The van der Waals surface area contributed by atoms with Crippen molar-refractivity contribution in [2.24, 2.45) is 0 Å².